The number of carbonyl (C=O) groups excluding carboxylic acids is 1. The molecular formula is C17H22N6O. The van der Waals surface area contributed by atoms with Crippen molar-refractivity contribution in [2.75, 3.05) is 31.1 Å². The summed E-state index contributed by atoms with van der Waals surface area (Å²) in [4.78, 5) is 25.5. The summed E-state index contributed by atoms with van der Waals surface area (Å²) >= 11 is 0. The van der Waals surface area contributed by atoms with Crippen molar-refractivity contribution in [3.05, 3.63) is 36.0 Å². The van der Waals surface area contributed by atoms with Gasteiger partial charge in [0.2, 0.25) is 0 Å². The van der Waals surface area contributed by atoms with Crippen LogP contribution in [0.25, 0.3) is 0 Å². The lowest BCUT2D eigenvalue weighted by atomic mass is 9.95. The molecule has 2 aromatic heterocycles. The topological polar surface area (TPSA) is 78.0 Å². The molecule has 2 saturated heterocycles. The van der Waals surface area contributed by atoms with Crippen molar-refractivity contribution in [3.63, 3.8) is 0 Å². The second-order valence-corrected chi connectivity index (χ2v) is 6.56. The highest BCUT2D eigenvalue weighted by atomic mass is 16.2. The highest BCUT2D eigenvalue weighted by molar-refractivity contribution is 5.92. The minimum Gasteiger partial charge on any atom is -0.355 e. The Bertz CT molecular complexity index is 695. The molecule has 0 unspecified atom stereocenters. The van der Waals surface area contributed by atoms with E-state index in [1.807, 2.05) is 11.0 Å². The minimum absolute atomic E-state index is 0.00368. The third kappa shape index (κ3) is 2.98. The molecule has 4 rings (SSSR count). The maximum atomic E-state index is 12.5. The van der Waals surface area contributed by atoms with Gasteiger partial charge in [-0.1, -0.05) is 0 Å². The van der Waals surface area contributed by atoms with Gasteiger partial charge in [-0.05, 0) is 31.7 Å². The van der Waals surface area contributed by atoms with E-state index in [1.165, 1.54) is 0 Å². The Labute approximate surface area is 141 Å². The Morgan fingerprint density at radius 3 is 2.83 bits per heavy atom. The highest BCUT2D eigenvalue weighted by Gasteiger charge is 2.25. The van der Waals surface area contributed by atoms with Crippen molar-refractivity contribution < 1.29 is 4.79 Å². The van der Waals surface area contributed by atoms with Crippen LogP contribution in [-0.2, 0) is 0 Å². The predicted octanol–water partition coefficient (Wildman–Crippen LogP) is 1.82. The summed E-state index contributed by atoms with van der Waals surface area (Å²) in [7, 11) is 0. The van der Waals surface area contributed by atoms with Gasteiger partial charge in [-0.2, -0.15) is 5.10 Å². The molecule has 126 valence electrons. The summed E-state index contributed by atoms with van der Waals surface area (Å²) < 4.78 is 0. The molecule has 2 aromatic rings. The SMILES string of the molecule is O=C(c1cncc(N2CCC[C@@H](c3ccn[nH]3)C2)n1)N1CCCC1. The number of piperidine rings is 1. The summed E-state index contributed by atoms with van der Waals surface area (Å²) in [6.07, 6.45) is 9.53. The molecule has 7 nitrogen and oxygen atoms in total. The van der Waals surface area contributed by atoms with Crippen LogP contribution >= 0.6 is 0 Å². The molecular weight excluding hydrogens is 304 g/mol. The fraction of sp³-hybridized carbons (Fsp3) is 0.529. The largest absolute Gasteiger partial charge is 0.355 e. The summed E-state index contributed by atoms with van der Waals surface area (Å²) in [5.41, 5.74) is 1.62. The van der Waals surface area contributed by atoms with Crippen LogP contribution < -0.4 is 4.90 Å². The van der Waals surface area contributed by atoms with Gasteiger partial charge in [0.25, 0.3) is 5.91 Å². The Morgan fingerprint density at radius 1 is 1.17 bits per heavy atom. The number of aromatic amines is 1. The second kappa shape index (κ2) is 6.59. The number of hydrogen-bond acceptors (Lipinski definition) is 5. The average Bonchev–Trinajstić information content (AvgIpc) is 3.35. The zero-order valence-electron chi connectivity index (χ0n) is 13.7. The third-order valence-electron chi connectivity index (χ3n) is 4.94. The summed E-state index contributed by atoms with van der Waals surface area (Å²) in [5.74, 6) is 1.22. The molecule has 2 aliphatic rings. The number of rotatable bonds is 3. The van der Waals surface area contributed by atoms with Gasteiger partial charge in [-0.3, -0.25) is 14.9 Å². The van der Waals surface area contributed by atoms with Gasteiger partial charge >= 0.3 is 0 Å². The van der Waals surface area contributed by atoms with Crippen LogP contribution in [0.15, 0.2) is 24.7 Å². The molecule has 7 heteroatoms. The van der Waals surface area contributed by atoms with Gasteiger partial charge < -0.3 is 9.80 Å². The number of nitrogens with zero attached hydrogens (tertiary/aromatic N) is 5. The van der Waals surface area contributed by atoms with Gasteiger partial charge in [0.05, 0.1) is 12.4 Å². The number of carbonyl (C=O) groups is 1. The maximum absolute atomic E-state index is 12.5. The Balaban J connectivity index is 1.51. The van der Waals surface area contributed by atoms with E-state index in [0.29, 0.717) is 11.6 Å². The lowest BCUT2D eigenvalue weighted by molar-refractivity contribution is 0.0786. The van der Waals surface area contributed by atoms with Crippen LogP contribution in [0, 0.1) is 0 Å². The first kappa shape index (κ1) is 15.1. The molecule has 1 N–H and O–H groups in total. The fourth-order valence-corrected chi connectivity index (χ4v) is 3.63. The minimum atomic E-state index is 0.00368. The number of likely N-dealkylation sites (tertiary alicyclic amines) is 1. The molecule has 1 amide bonds. The summed E-state index contributed by atoms with van der Waals surface area (Å²) in [6, 6.07) is 2.03. The highest BCUT2D eigenvalue weighted by Crippen LogP contribution is 2.27. The molecule has 1 atom stereocenters. The molecule has 0 aromatic carbocycles. The first-order chi connectivity index (χ1) is 11.8. The standard InChI is InChI=1S/C17H22N6O/c24-17(22-7-1-2-8-22)15-10-18-11-16(20-15)23-9-3-4-13(12-23)14-5-6-19-21-14/h5-6,10-11,13H,1-4,7-9,12H2,(H,19,21)/t13-/m1/s1. The number of amides is 1. The van der Waals surface area contributed by atoms with E-state index in [0.717, 1.165) is 63.4 Å². The normalized spacial score (nSPS) is 21.2. The predicted molar refractivity (Wildman–Crippen MR) is 89.9 cm³/mol. The zero-order valence-corrected chi connectivity index (χ0v) is 13.7. The smallest absolute Gasteiger partial charge is 0.274 e. The van der Waals surface area contributed by atoms with Gasteiger partial charge in [0, 0.05) is 44.0 Å². The molecule has 0 radical (unpaired) electrons. The van der Waals surface area contributed by atoms with E-state index in [1.54, 1.807) is 18.6 Å². The van der Waals surface area contributed by atoms with Crippen LogP contribution in [0.3, 0.4) is 0 Å². The third-order valence-corrected chi connectivity index (χ3v) is 4.94. The van der Waals surface area contributed by atoms with Crippen molar-refractivity contribution in [2.24, 2.45) is 0 Å². The van der Waals surface area contributed by atoms with Crippen LogP contribution in [0.1, 0.15) is 47.8 Å². The Hall–Kier alpha value is -2.44. The van der Waals surface area contributed by atoms with E-state index < -0.39 is 0 Å². The zero-order chi connectivity index (χ0) is 16.4. The van der Waals surface area contributed by atoms with Crippen LogP contribution in [-0.4, -0.2) is 57.2 Å². The van der Waals surface area contributed by atoms with Gasteiger partial charge in [0.1, 0.15) is 11.5 Å². The second-order valence-electron chi connectivity index (χ2n) is 6.56. The lowest BCUT2D eigenvalue weighted by Gasteiger charge is -2.33. The van der Waals surface area contributed by atoms with Crippen LogP contribution in [0.5, 0.6) is 0 Å². The van der Waals surface area contributed by atoms with Crippen LogP contribution in [0.2, 0.25) is 0 Å². The number of anilines is 1. The monoisotopic (exact) mass is 326 g/mol. The van der Waals surface area contributed by atoms with Crippen molar-refractivity contribution in [1.82, 2.24) is 25.1 Å². The van der Waals surface area contributed by atoms with Gasteiger partial charge in [-0.15, -0.1) is 0 Å². The number of nitrogens with one attached hydrogen (secondary N) is 1. The lowest BCUT2D eigenvalue weighted by Crippen LogP contribution is -2.36. The van der Waals surface area contributed by atoms with Crippen molar-refractivity contribution >= 4 is 11.7 Å². The van der Waals surface area contributed by atoms with E-state index in [2.05, 4.69) is 25.1 Å². The maximum Gasteiger partial charge on any atom is 0.274 e. The summed E-state index contributed by atoms with van der Waals surface area (Å²) in [6.45, 7) is 3.48. The van der Waals surface area contributed by atoms with E-state index >= 15 is 0 Å². The molecule has 4 heterocycles. The van der Waals surface area contributed by atoms with E-state index in [9.17, 15) is 4.79 Å². The molecule has 0 saturated carbocycles. The molecule has 0 spiro atoms. The Morgan fingerprint density at radius 2 is 2.04 bits per heavy atom. The van der Waals surface area contributed by atoms with Crippen molar-refractivity contribution in [3.8, 4) is 0 Å². The van der Waals surface area contributed by atoms with Crippen LogP contribution in [0.4, 0.5) is 5.82 Å². The molecule has 24 heavy (non-hydrogen) atoms. The molecule has 2 fully saturated rings. The Kier molecular flexibility index (Phi) is 4.15. The first-order valence-corrected chi connectivity index (χ1v) is 8.67. The average molecular weight is 326 g/mol. The van der Waals surface area contributed by atoms with E-state index in [-0.39, 0.29) is 5.91 Å². The van der Waals surface area contributed by atoms with E-state index in [4.69, 9.17) is 0 Å². The number of aromatic nitrogens is 4. The number of hydrogen-bond donors (Lipinski definition) is 1. The fourth-order valence-electron chi connectivity index (χ4n) is 3.63. The molecule has 2 aliphatic heterocycles. The molecule has 0 bridgehead atoms. The quantitative estimate of drug-likeness (QED) is 0.931. The van der Waals surface area contributed by atoms with Crippen molar-refractivity contribution in [1.29, 1.82) is 0 Å². The van der Waals surface area contributed by atoms with Crippen molar-refractivity contribution in [2.45, 2.75) is 31.6 Å². The van der Waals surface area contributed by atoms with Gasteiger partial charge in [-0.25, -0.2) is 4.98 Å². The molecule has 0 aliphatic carbocycles. The number of H-pyrrole nitrogens is 1. The van der Waals surface area contributed by atoms with Gasteiger partial charge in [0.15, 0.2) is 0 Å². The summed E-state index contributed by atoms with van der Waals surface area (Å²) in [5, 5.41) is 7.13. The first-order valence-electron chi connectivity index (χ1n) is 8.67.